The van der Waals surface area contributed by atoms with Crippen molar-refractivity contribution in [3.8, 4) is 0 Å². The van der Waals surface area contributed by atoms with Crippen LogP contribution < -0.4 is 4.78 Å². The lowest BCUT2D eigenvalue weighted by Gasteiger charge is -1.94. The molecule has 0 amide bonds. The topological polar surface area (TPSA) is 0 Å². The number of aryl methyl sites for hydroxylation is 1. The smallest absolute Gasteiger partial charge is 0.128 e. The summed E-state index contributed by atoms with van der Waals surface area (Å²) in [6, 6.07) is 13.9. The van der Waals surface area contributed by atoms with Crippen LogP contribution in [-0.4, -0.2) is 7.85 Å². The molecule has 0 saturated carbocycles. The van der Waals surface area contributed by atoms with Crippen LogP contribution in [0.4, 0.5) is 0 Å². The number of benzene rings is 2. The van der Waals surface area contributed by atoms with Crippen molar-refractivity contribution in [3.05, 3.63) is 41.3 Å². The van der Waals surface area contributed by atoms with Crippen LogP contribution in [0.15, 0.2) is 36.4 Å². The lowest BCUT2D eigenvalue weighted by Crippen LogP contribution is -1.88. The molecule has 3 heterocycles. The molecule has 0 unspecified atom stereocenters. The molecule has 0 aliphatic carbocycles. The zero-order valence-electron chi connectivity index (χ0n) is 13.4. The Labute approximate surface area is 154 Å². The Bertz CT molecular complexity index is 1210. The lowest BCUT2D eigenvalue weighted by molar-refractivity contribution is 0.804. The first kappa shape index (κ1) is 14.9. The van der Waals surface area contributed by atoms with Gasteiger partial charge in [0, 0.05) is 34.4 Å². The normalized spacial score (nSPS) is 12.2. The minimum absolute atomic E-state index is 0.896. The predicted molar refractivity (Wildman–Crippen MR) is 114 cm³/mol. The van der Waals surface area contributed by atoms with Crippen molar-refractivity contribution in [2.45, 2.75) is 26.2 Å². The molecular weight excluding hydrogens is 347 g/mol. The summed E-state index contributed by atoms with van der Waals surface area (Å²) < 4.78 is 6.37. The van der Waals surface area contributed by atoms with E-state index in [1.54, 1.807) is 11.3 Å². The van der Waals surface area contributed by atoms with E-state index in [4.69, 9.17) is 7.85 Å². The van der Waals surface area contributed by atoms with E-state index in [0.29, 0.717) is 0 Å². The van der Waals surface area contributed by atoms with Crippen LogP contribution in [0.5, 0.6) is 0 Å². The first-order valence-corrected chi connectivity index (χ1v) is 10.7. The van der Waals surface area contributed by atoms with E-state index in [1.165, 1.54) is 64.5 Å². The summed E-state index contributed by atoms with van der Waals surface area (Å²) in [4.78, 5) is 1.52. The van der Waals surface area contributed by atoms with Crippen LogP contribution in [0.1, 0.15) is 24.6 Å². The second-order valence-electron chi connectivity index (χ2n) is 6.34. The van der Waals surface area contributed by atoms with Crippen molar-refractivity contribution in [1.82, 2.24) is 0 Å². The highest BCUT2D eigenvalue weighted by Crippen LogP contribution is 2.40. The number of rotatable bonds is 3. The molecule has 4 heteroatoms. The van der Waals surface area contributed by atoms with Crippen molar-refractivity contribution < 1.29 is 0 Å². The molecule has 0 spiro atoms. The Hall–Kier alpha value is -1.36. The van der Waals surface area contributed by atoms with Crippen LogP contribution in [0.25, 0.3) is 40.3 Å². The fraction of sp³-hybridized carbons (Fsp3) is 0.200. The van der Waals surface area contributed by atoms with Crippen LogP contribution in [-0.2, 0) is 6.42 Å². The van der Waals surface area contributed by atoms with Gasteiger partial charge in [-0.1, -0.05) is 19.4 Å². The van der Waals surface area contributed by atoms with Gasteiger partial charge < -0.3 is 0 Å². The highest BCUT2D eigenvalue weighted by atomic mass is 32.1. The fourth-order valence-corrected chi connectivity index (χ4v) is 6.67. The fourth-order valence-electron chi connectivity index (χ4n) is 3.39. The third-order valence-electron chi connectivity index (χ3n) is 4.59. The molecule has 0 bridgehead atoms. The lowest BCUT2D eigenvalue weighted by atomic mass is 10.1. The van der Waals surface area contributed by atoms with Gasteiger partial charge in [0.15, 0.2) is 0 Å². The Morgan fingerprint density at radius 3 is 2.12 bits per heavy atom. The van der Waals surface area contributed by atoms with E-state index in [9.17, 15) is 0 Å². The molecule has 0 N–H and O–H groups in total. The van der Waals surface area contributed by atoms with E-state index in [1.807, 2.05) is 22.7 Å². The molecule has 2 aromatic carbocycles. The molecule has 116 valence electrons. The summed E-state index contributed by atoms with van der Waals surface area (Å²) >= 11 is 5.54. The maximum atomic E-state index is 5.97. The van der Waals surface area contributed by atoms with Gasteiger partial charge in [-0.05, 0) is 58.7 Å². The molecule has 0 atom stereocenters. The summed E-state index contributed by atoms with van der Waals surface area (Å²) in [7, 11) is 5.97. The first-order valence-electron chi connectivity index (χ1n) is 8.29. The van der Waals surface area contributed by atoms with Crippen molar-refractivity contribution in [1.29, 1.82) is 0 Å². The zero-order chi connectivity index (χ0) is 16.3. The minimum Gasteiger partial charge on any atom is -0.152 e. The van der Waals surface area contributed by atoms with Crippen molar-refractivity contribution in [2.24, 2.45) is 0 Å². The van der Waals surface area contributed by atoms with Crippen molar-refractivity contribution >= 4 is 87.0 Å². The molecular formula is C20H15BS3. The third-order valence-corrected chi connectivity index (χ3v) is 7.79. The molecule has 2 radical (unpaired) electrons. The molecule has 0 nitrogen and oxygen atoms in total. The van der Waals surface area contributed by atoms with E-state index in [2.05, 4.69) is 43.3 Å². The number of hydrogen-bond donors (Lipinski definition) is 0. The standard InChI is InChI=1S/C20H15BS3/c1-2-3-4-13-5-11-6-14-15-7-12-8-20(21)24-17(12)10-19(15)23-18(14)9-16(11)22-13/h5-10H,2-4H2,1H3. The highest BCUT2D eigenvalue weighted by molar-refractivity contribution is 7.28. The highest BCUT2D eigenvalue weighted by Gasteiger charge is 2.11. The number of unbranched alkanes of at least 4 members (excludes halogenated alkanes) is 1. The summed E-state index contributed by atoms with van der Waals surface area (Å²) in [6.07, 6.45) is 3.74. The average Bonchev–Trinajstić information content (AvgIpc) is 3.21. The zero-order valence-corrected chi connectivity index (χ0v) is 15.8. The molecule has 5 rings (SSSR count). The SMILES string of the molecule is [B]c1cc2cc3c(cc2s1)sc1cc2sc(CCCC)cc2cc13. The molecule has 5 aromatic rings. The number of thiophene rings is 3. The van der Waals surface area contributed by atoms with E-state index < -0.39 is 0 Å². The van der Waals surface area contributed by atoms with Gasteiger partial charge in [0.25, 0.3) is 0 Å². The Kier molecular flexibility index (Phi) is 3.48. The molecule has 0 aliphatic rings. The average molecular weight is 362 g/mol. The van der Waals surface area contributed by atoms with Gasteiger partial charge >= 0.3 is 0 Å². The van der Waals surface area contributed by atoms with Gasteiger partial charge in [-0.25, -0.2) is 0 Å². The number of fused-ring (bicyclic) bond motifs is 5. The largest absolute Gasteiger partial charge is 0.152 e. The van der Waals surface area contributed by atoms with Gasteiger partial charge in [-0.2, -0.15) is 11.3 Å². The first-order chi connectivity index (χ1) is 11.7. The van der Waals surface area contributed by atoms with Crippen LogP contribution in [0, 0.1) is 0 Å². The van der Waals surface area contributed by atoms with Gasteiger partial charge in [-0.15, -0.1) is 22.7 Å². The van der Waals surface area contributed by atoms with Crippen LogP contribution in [0.2, 0.25) is 0 Å². The van der Waals surface area contributed by atoms with Gasteiger partial charge in [0.2, 0.25) is 0 Å². The minimum atomic E-state index is 0.896. The molecule has 3 aromatic heterocycles. The quantitative estimate of drug-likeness (QED) is 0.316. The van der Waals surface area contributed by atoms with E-state index >= 15 is 0 Å². The summed E-state index contributed by atoms with van der Waals surface area (Å²) in [5, 5.41) is 5.40. The van der Waals surface area contributed by atoms with E-state index in [-0.39, 0.29) is 0 Å². The molecule has 0 saturated heterocycles. The van der Waals surface area contributed by atoms with Crippen LogP contribution >= 0.6 is 34.0 Å². The van der Waals surface area contributed by atoms with Crippen molar-refractivity contribution in [3.63, 3.8) is 0 Å². The molecule has 0 aliphatic heterocycles. The summed E-state index contributed by atoms with van der Waals surface area (Å²) in [5.41, 5.74) is 0. The maximum absolute atomic E-state index is 5.97. The Morgan fingerprint density at radius 1 is 0.750 bits per heavy atom. The third kappa shape index (κ3) is 2.32. The summed E-state index contributed by atoms with van der Waals surface area (Å²) in [6.45, 7) is 2.26. The van der Waals surface area contributed by atoms with Crippen LogP contribution in [0.3, 0.4) is 0 Å². The van der Waals surface area contributed by atoms with Gasteiger partial charge in [0.05, 0.1) is 0 Å². The maximum Gasteiger partial charge on any atom is 0.128 e. The van der Waals surface area contributed by atoms with Crippen molar-refractivity contribution in [2.75, 3.05) is 0 Å². The monoisotopic (exact) mass is 362 g/mol. The molecule has 0 fully saturated rings. The predicted octanol–water partition coefficient (Wildman–Crippen LogP) is 6.62. The Morgan fingerprint density at radius 2 is 1.42 bits per heavy atom. The van der Waals surface area contributed by atoms with E-state index in [0.717, 1.165) is 4.78 Å². The second-order valence-corrected chi connectivity index (χ2v) is 9.71. The second kappa shape index (κ2) is 5.58. The van der Waals surface area contributed by atoms with Gasteiger partial charge in [-0.3, -0.25) is 0 Å². The Balaban J connectivity index is 1.75. The van der Waals surface area contributed by atoms with Gasteiger partial charge in [0.1, 0.15) is 7.85 Å². The molecule has 24 heavy (non-hydrogen) atoms. The number of hydrogen-bond acceptors (Lipinski definition) is 3. The summed E-state index contributed by atoms with van der Waals surface area (Å²) in [5.74, 6) is 0.